The highest BCUT2D eigenvalue weighted by molar-refractivity contribution is 6.31. The molecule has 0 radical (unpaired) electrons. The first-order valence-electron chi connectivity index (χ1n) is 3.97. The van der Waals surface area contributed by atoms with Crippen molar-refractivity contribution in [2.75, 3.05) is 7.11 Å². The van der Waals surface area contributed by atoms with E-state index in [0.29, 0.717) is 0 Å². The molecule has 0 aliphatic rings. The smallest absolute Gasteiger partial charge is 0.339 e. The molecule has 0 aliphatic heterocycles. The van der Waals surface area contributed by atoms with Gasteiger partial charge in [0.1, 0.15) is 16.8 Å². The largest absolute Gasteiger partial charge is 0.465 e. The first kappa shape index (κ1) is 12.3. The maximum atomic E-state index is 12.6. The number of esters is 1. The Bertz CT molecular complexity index is 471. The highest BCUT2D eigenvalue weighted by atomic mass is 35.5. The molecule has 0 spiro atoms. The van der Waals surface area contributed by atoms with E-state index < -0.39 is 29.1 Å². The summed E-state index contributed by atoms with van der Waals surface area (Å²) >= 11 is 5.52. The summed E-state index contributed by atoms with van der Waals surface area (Å²) in [5.41, 5.74) is -1.63. The summed E-state index contributed by atoms with van der Waals surface area (Å²) < 4.78 is 29.5. The van der Waals surface area contributed by atoms with Gasteiger partial charge in [0.25, 0.3) is 6.43 Å². The predicted octanol–water partition coefficient (Wildman–Crippen LogP) is 2.33. The topological polar surface area (TPSA) is 63.0 Å². The average molecular weight is 247 g/mol. The molecule has 0 amide bonds. The number of hydrogen-bond acceptors (Lipinski definition) is 4. The van der Waals surface area contributed by atoms with Crippen LogP contribution in [0.3, 0.4) is 0 Å². The second-order valence-corrected chi connectivity index (χ2v) is 3.02. The standard InChI is InChI=1S/C9H5ClF2N2O2/c1-16-9(15)6-4(2-13)7(10)14-3-5(6)8(11)12/h3,8H,1H3. The van der Waals surface area contributed by atoms with Gasteiger partial charge in [0.2, 0.25) is 0 Å². The molecule has 84 valence electrons. The Morgan fingerprint density at radius 3 is 2.75 bits per heavy atom. The molecule has 0 saturated heterocycles. The number of hydrogen-bond donors (Lipinski definition) is 0. The molecule has 0 aromatic carbocycles. The molecule has 0 bridgehead atoms. The highest BCUT2D eigenvalue weighted by Crippen LogP contribution is 2.28. The van der Waals surface area contributed by atoms with Crippen molar-refractivity contribution >= 4 is 17.6 Å². The Kier molecular flexibility index (Phi) is 3.74. The van der Waals surface area contributed by atoms with Crippen LogP contribution < -0.4 is 0 Å². The number of carbonyl (C=O) groups is 1. The molecule has 1 heterocycles. The molecule has 0 atom stereocenters. The molecule has 0 fully saturated rings. The zero-order valence-corrected chi connectivity index (χ0v) is 8.76. The van der Waals surface area contributed by atoms with E-state index in [9.17, 15) is 13.6 Å². The minimum atomic E-state index is -2.94. The van der Waals surface area contributed by atoms with Crippen molar-refractivity contribution < 1.29 is 18.3 Å². The minimum absolute atomic E-state index is 0.313. The summed E-state index contributed by atoms with van der Waals surface area (Å²) in [6.45, 7) is 0. The Morgan fingerprint density at radius 2 is 2.31 bits per heavy atom. The van der Waals surface area contributed by atoms with Crippen molar-refractivity contribution in [3.05, 3.63) is 28.0 Å². The quantitative estimate of drug-likeness (QED) is 0.593. The van der Waals surface area contributed by atoms with E-state index in [4.69, 9.17) is 16.9 Å². The molecule has 1 aromatic heterocycles. The van der Waals surface area contributed by atoms with Crippen LogP contribution in [0.4, 0.5) is 8.78 Å². The van der Waals surface area contributed by atoms with Crippen molar-refractivity contribution in [3.8, 4) is 6.07 Å². The van der Waals surface area contributed by atoms with E-state index in [0.717, 1.165) is 13.3 Å². The zero-order chi connectivity index (χ0) is 12.3. The lowest BCUT2D eigenvalue weighted by Gasteiger charge is -2.08. The summed E-state index contributed by atoms with van der Waals surface area (Å²) in [5, 5.41) is 8.41. The van der Waals surface area contributed by atoms with E-state index in [-0.39, 0.29) is 5.15 Å². The van der Waals surface area contributed by atoms with Crippen LogP contribution in [-0.4, -0.2) is 18.1 Å². The van der Waals surface area contributed by atoms with Crippen molar-refractivity contribution in [2.24, 2.45) is 0 Å². The molecule has 0 aliphatic carbocycles. The first-order chi connectivity index (χ1) is 7.52. The molecule has 7 heteroatoms. The van der Waals surface area contributed by atoms with Gasteiger partial charge in [0.15, 0.2) is 0 Å². The van der Waals surface area contributed by atoms with Crippen LogP contribution >= 0.6 is 11.6 Å². The zero-order valence-electron chi connectivity index (χ0n) is 8.00. The maximum Gasteiger partial charge on any atom is 0.339 e. The molecule has 4 nitrogen and oxygen atoms in total. The number of ether oxygens (including phenoxy) is 1. The number of methoxy groups -OCH3 is 1. The maximum absolute atomic E-state index is 12.6. The lowest BCUT2D eigenvalue weighted by atomic mass is 10.1. The number of alkyl halides is 2. The molecular formula is C9H5ClF2N2O2. The summed E-state index contributed by atoms with van der Waals surface area (Å²) in [6.07, 6.45) is -2.19. The molecule has 16 heavy (non-hydrogen) atoms. The van der Waals surface area contributed by atoms with Crippen LogP contribution in [-0.2, 0) is 4.74 Å². The number of nitriles is 1. The van der Waals surface area contributed by atoms with E-state index in [2.05, 4.69) is 9.72 Å². The van der Waals surface area contributed by atoms with Crippen molar-refractivity contribution in [1.29, 1.82) is 5.26 Å². The second kappa shape index (κ2) is 4.86. The van der Waals surface area contributed by atoms with Crippen LogP contribution in [0.25, 0.3) is 0 Å². The number of rotatable bonds is 2. The second-order valence-electron chi connectivity index (χ2n) is 2.66. The Labute approximate surface area is 94.4 Å². The van der Waals surface area contributed by atoms with Crippen LogP contribution in [0.15, 0.2) is 6.20 Å². The number of aromatic nitrogens is 1. The van der Waals surface area contributed by atoms with Gasteiger partial charge in [-0.2, -0.15) is 5.26 Å². The van der Waals surface area contributed by atoms with Gasteiger partial charge in [0.05, 0.1) is 18.2 Å². The Morgan fingerprint density at radius 1 is 1.69 bits per heavy atom. The van der Waals surface area contributed by atoms with Gasteiger partial charge in [-0.25, -0.2) is 18.6 Å². The summed E-state index contributed by atoms with van der Waals surface area (Å²) in [5.74, 6) is -1.05. The molecule has 0 N–H and O–H groups in total. The predicted molar refractivity (Wildman–Crippen MR) is 50.3 cm³/mol. The summed E-state index contributed by atoms with van der Waals surface area (Å²) in [6, 6.07) is 1.55. The van der Waals surface area contributed by atoms with Crippen molar-refractivity contribution in [1.82, 2.24) is 4.98 Å². The molecular weight excluding hydrogens is 242 g/mol. The molecule has 1 aromatic rings. The Balaban J connectivity index is 3.55. The minimum Gasteiger partial charge on any atom is -0.465 e. The third-order valence-electron chi connectivity index (χ3n) is 1.80. The molecule has 0 saturated carbocycles. The Hall–Kier alpha value is -1.74. The normalized spacial score (nSPS) is 10.0. The number of nitrogens with zero attached hydrogens (tertiary/aromatic N) is 2. The third-order valence-corrected chi connectivity index (χ3v) is 2.08. The van der Waals surface area contributed by atoms with E-state index in [1.807, 2.05) is 0 Å². The first-order valence-corrected chi connectivity index (χ1v) is 4.35. The van der Waals surface area contributed by atoms with Gasteiger partial charge in [-0.3, -0.25) is 0 Å². The SMILES string of the molecule is COC(=O)c1c(C(F)F)cnc(Cl)c1C#N. The van der Waals surface area contributed by atoms with Gasteiger partial charge in [0, 0.05) is 6.20 Å². The van der Waals surface area contributed by atoms with Gasteiger partial charge in [-0.1, -0.05) is 11.6 Å². The highest BCUT2D eigenvalue weighted by Gasteiger charge is 2.25. The van der Waals surface area contributed by atoms with Gasteiger partial charge in [-0.05, 0) is 0 Å². The van der Waals surface area contributed by atoms with Gasteiger partial charge >= 0.3 is 5.97 Å². The van der Waals surface area contributed by atoms with Gasteiger partial charge in [-0.15, -0.1) is 0 Å². The van der Waals surface area contributed by atoms with Gasteiger partial charge < -0.3 is 4.74 Å². The van der Waals surface area contributed by atoms with E-state index in [1.54, 1.807) is 6.07 Å². The average Bonchev–Trinajstić information content (AvgIpc) is 2.27. The van der Waals surface area contributed by atoms with Crippen molar-refractivity contribution in [2.45, 2.75) is 6.43 Å². The molecule has 0 unspecified atom stereocenters. The van der Waals surface area contributed by atoms with E-state index in [1.165, 1.54) is 0 Å². The number of carbonyl (C=O) groups excluding carboxylic acids is 1. The number of pyridine rings is 1. The summed E-state index contributed by atoms with van der Waals surface area (Å²) in [4.78, 5) is 14.7. The van der Waals surface area contributed by atoms with Crippen molar-refractivity contribution in [3.63, 3.8) is 0 Å². The lowest BCUT2D eigenvalue weighted by molar-refractivity contribution is 0.0588. The fraction of sp³-hybridized carbons (Fsp3) is 0.222. The fourth-order valence-corrected chi connectivity index (χ4v) is 1.28. The van der Waals surface area contributed by atoms with Crippen LogP contribution in [0.1, 0.15) is 27.9 Å². The van der Waals surface area contributed by atoms with E-state index >= 15 is 0 Å². The summed E-state index contributed by atoms with van der Waals surface area (Å²) in [7, 11) is 1.02. The van der Waals surface area contributed by atoms with Crippen LogP contribution in [0.2, 0.25) is 5.15 Å². The third kappa shape index (κ3) is 2.09. The monoisotopic (exact) mass is 246 g/mol. The lowest BCUT2D eigenvalue weighted by Crippen LogP contribution is -2.10. The number of halogens is 3. The van der Waals surface area contributed by atoms with Crippen LogP contribution in [0.5, 0.6) is 0 Å². The molecule has 1 rings (SSSR count). The van der Waals surface area contributed by atoms with Crippen LogP contribution in [0, 0.1) is 11.3 Å². The fourth-order valence-electron chi connectivity index (χ4n) is 1.09.